The second-order valence-electron chi connectivity index (χ2n) is 2.14. The normalized spacial score (nSPS) is 10.1. The Morgan fingerprint density at radius 1 is 1.25 bits per heavy atom. The second kappa shape index (κ2) is 4.13. The monoisotopic (exact) mass is 185 g/mol. The summed E-state index contributed by atoms with van der Waals surface area (Å²) >= 11 is 1.44. The zero-order valence-electron chi connectivity index (χ0n) is 6.53. The lowest BCUT2D eigenvalue weighted by Crippen LogP contribution is -2.04. The lowest BCUT2D eigenvalue weighted by Gasteiger charge is -2.00. The van der Waals surface area contributed by atoms with Crippen molar-refractivity contribution in [2.24, 2.45) is 5.73 Å². The van der Waals surface area contributed by atoms with E-state index in [1.165, 1.54) is 17.8 Å². The van der Waals surface area contributed by atoms with E-state index in [2.05, 4.69) is 9.97 Å². The zero-order valence-corrected chi connectivity index (χ0v) is 7.34. The lowest BCUT2D eigenvalue weighted by atomic mass is 10.5. The van der Waals surface area contributed by atoms with Gasteiger partial charge in [0.2, 0.25) is 0 Å². The summed E-state index contributed by atoms with van der Waals surface area (Å²) in [6.45, 7) is 0.586. The predicted octanol–water partition coefficient (Wildman–Crippen LogP) is -0.308. The highest BCUT2D eigenvalue weighted by Gasteiger charge is 1.99. The molecule has 5 nitrogen and oxygen atoms in total. The van der Waals surface area contributed by atoms with Crippen molar-refractivity contribution in [3.05, 3.63) is 6.07 Å². The number of anilines is 2. The smallest absolute Gasteiger partial charge is 0.191 e. The molecule has 0 aromatic carbocycles. The van der Waals surface area contributed by atoms with Crippen molar-refractivity contribution in [1.29, 1.82) is 0 Å². The first-order chi connectivity index (χ1) is 5.72. The molecule has 12 heavy (non-hydrogen) atoms. The molecule has 6 heteroatoms. The van der Waals surface area contributed by atoms with Crippen LogP contribution in [0, 0.1) is 0 Å². The predicted molar refractivity (Wildman–Crippen MR) is 50.6 cm³/mol. The zero-order chi connectivity index (χ0) is 8.97. The fourth-order valence-electron chi connectivity index (χ4n) is 0.677. The minimum Gasteiger partial charge on any atom is -0.383 e. The third-order valence-corrected chi connectivity index (χ3v) is 1.97. The third kappa shape index (κ3) is 2.55. The first-order valence-electron chi connectivity index (χ1n) is 3.45. The van der Waals surface area contributed by atoms with Crippen molar-refractivity contribution in [2.75, 3.05) is 23.8 Å². The van der Waals surface area contributed by atoms with E-state index in [1.54, 1.807) is 0 Å². The highest BCUT2D eigenvalue weighted by Crippen LogP contribution is 2.14. The van der Waals surface area contributed by atoms with Gasteiger partial charge >= 0.3 is 0 Å². The number of thioether (sulfide) groups is 1. The van der Waals surface area contributed by atoms with Crippen LogP contribution in [-0.2, 0) is 0 Å². The fourth-order valence-corrected chi connectivity index (χ4v) is 1.32. The topological polar surface area (TPSA) is 104 Å². The van der Waals surface area contributed by atoms with E-state index in [9.17, 15) is 0 Å². The summed E-state index contributed by atoms with van der Waals surface area (Å²) in [5.74, 6) is 1.55. The number of hydrogen-bond donors (Lipinski definition) is 3. The van der Waals surface area contributed by atoms with Gasteiger partial charge in [-0.25, -0.2) is 9.97 Å². The van der Waals surface area contributed by atoms with Gasteiger partial charge in [0.25, 0.3) is 0 Å². The molecule has 0 aliphatic heterocycles. The van der Waals surface area contributed by atoms with Crippen molar-refractivity contribution in [2.45, 2.75) is 5.16 Å². The van der Waals surface area contributed by atoms with E-state index in [4.69, 9.17) is 17.2 Å². The number of aromatic nitrogens is 2. The van der Waals surface area contributed by atoms with Crippen LogP contribution in [0.3, 0.4) is 0 Å². The average molecular weight is 185 g/mol. The number of nitrogen functional groups attached to an aromatic ring is 2. The van der Waals surface area contributed by atoms with Crippen molar-refractivity contribution in [3.8, 4) is 0 Å². The van der Waals surface area contributed by atoms with E-state index in [-0.39, 0.29) is 0 Å². The van der Waals surface area contributed by atoms with Gasteiger partial charge in [-0.3, -0.25) is 0 Å². The summed E-state index contributed by atoms with van der Waals surface area (Å²) < 4.78 is 0. The highest BCUT2D eigenvalue weighted by atomic mass is 32.2. The molecule has 0 radical (unpaired) electrons. The van der Waals surface area contributed by atoms with Crippen LogP contribution >= 0.6 is 11.8 Å². The first kappa shape index (κ1) is 9.08. The van der Waals surface area contributed by atoms with E-state index in [0.29, 0.717) is 23.3 Å². The van der Waals surface area contributed by atoms with Crippen LogP contribution in [0.25, 0.3) is 0 Å². The third-order valence-electron chi connectivity index (χ3n) is 1.09. The number of rotatable bonds is 3. The van der Waals surface area contributed by atoms with Crippen LogP contribution in [0.1, 0.15) is 0 Å². The van der Waals surface area contributed by atoms with Crippen LogP contribution in [0.4, 0.5) is 11.6 Å². The first-order valence-corrected chi connectivity index (χ1v) is 4.44. The Morgan fingerprint density at radius 2 is 1.83 bits per heavy atom. The molecule has 1 rings (SSSR count). The van der Waals surface area contributed by atoms with Gasteiger partial charge in [0, 0.05) is 18.4 Å². The fraction of sp³-hybridized carbons (Fsp3) is 0.333. The molecule has 0 bridgehead atoms. The largest absolute Gasteiger partial charge is 0.383 e. The minimum absolute atomic E-state index is 0.391. The second-order valence-corrected chi connectivity index (χ2v) is 3.20. The maximum absolute atomic E-state index is 5.46. The average Bonchev–Trinajstić information content (AvgIpc) is 1.99. The van der Waals surface area contributed by atoms with E-state index in [0.717, 1.165) is 5.75 Å². The summed E-state index contributed by atoms with van der Waals surface area (Å²) in [6, 6.07) is 1.52. The maximum atomic E-state index is 5.46. The molecule has 1 aromatic rings. The summed E-state index contributed by atoms with van der Waals surface area (Å²) in [5.41, 5.74) is 16.2. The van der Waals surface area contributed by atoms with Gasteiger partial charge in [0.05, 0.1) is 0 Å². The number of nitrogens with two attached hydrogens (primary N) is 3. The molecule has 6 N–H and O–H groups in total. The van der Waals surface area contributed by atoms with E-state index >= 15 is 0 Å². The van der Waals surface area contributed by atoms with Gasteiger partial charge in [-0.15, -0.1) is 0 Å². The number of nitrogens with zero attached hydrogens (tertiary/aromatic N) is 2. The van der Waals surface area contributed by atoms with Crippen molar-refractivity contribution < 1.29 is 0 Å². The Labute approximate surface area is 74.7 Å². The van der Waals surface area contributed by atoms with Gasteiger partial charge in [0.1, 0.15) is 11.6 Å². The van der Waals surface area contributed by atoms with Crippen LogP contribution in [0.5, 0.6) is 0 Å². The minimum atomic E-state index is 0.391. The van der Waals surface area contributed by atoms with Crippen molar-refractivity contribution >= 4 is 23.4 Å². The van der Waals surface area contributed by atoms with E-state index in [1.807, 2.05) is 0 Å². The Kier molecular flexibility index (Phi) is 3.12. The molecule has 0 saturated carbocycles. The SMILES string of the molecule is NCCSc1nc(N)cc(N)n1. The van der Waals surface area contributed by atoms with Gasteiger partial charge in [-0.2, -0.15) is 0 Å². The summed E-state index contributed by atoms with van der Waals surface area (Å²) in [4.78, 5) is 7.93. The molecule has 0 saturated heterocycles. The van der Waals surface area contributed by atoms with Gasteiger partial charge in [-0.05, 0) is 0 Å². The van der Waals surface area contributed by atoms with Crippen LogP contribution in [0.2, 0.25) is 0 Å². The molecule has 66 valence electrons. The van der Waals surface area contributed by atoms with E-state index < -0.39 is 0 Å². The van der Waals surface area contributed by atoms with Gasteiger partial charge in [-0.1, -0.05) is 11.8 Å². The lowest BCUT2D eigenvalue weighted by molar-refractivity contribution is 0.981. The Hall–Kier alpha value is -1.01. The van der Waals surface area contributed by atoms with Crippen molar-refractivity contribution in [1.82, 2.24) is 9.97 Å². The molecular weight excluding hydrogens is 174 g/mol. The summed E-state index contributed by atoms with van der Waals surface area (Å²) in [5, 5.41) is 0.581. The molecule has 0 amide bonds. The Balaban J connectivity index is 2.72. The molecule has 0 unspecified atom stereocenters. The number of hydrogen-bond acceptors (Lipinski definition) is 6. The van der Waals surface area contributed by atoms with Crippen LogP contribution in [0.15, 0.2) is 11.2 Å². The molecule has 0 spiro atoms. The molecule has 0 aliphatic rings. The Morgan fingerprint density at radius 3 is 2.33 bits per heavy atom. The summed E-state index contributed by atoms with van der Waals surface area (Å²) in [7, 11) is 0. The van der Waals surface area contributed by atoms with Crippen LogP contribution in [-0.4, -0.2) is 22.3 Å². The Bertz CT molecular complexity index is 244. The molecular formula is C6H11N5S. The summed E-state index contributed by atoms with van der Waals surface area (Å²) in [6.07, 6.45) is 0. The quantitative estimate of drug-likeness (QED) is 0.441. The van der Waals surface area contributed by atoms with Crippen LogP contribution < -0.4 is 17.2 Å². The van der Waals surface area contributed by atoms with Gasteiger partial charge in [0.15, 0.2) is 5.16 Å². The molecule has 0 aliphatic carbocycles. The molecule has 1 heterocycles. The highest BCUT2D eigenvalue weighted by molar-refractivity contribution is 7.99. The van der Waals surface area contributed by atoms with Crippen molar-refractivity contribution in [3.63, 3.8) is 0 Å². The molecule has 1 aromatic heterocycles. The van der Waals surface area contributed by atoms with Gasteiger partial charge < -0.3 is 17.2 Å². The maximum Gasteiger partial charge on any atom is 0.191 e. The standard InChI is InChI=1S/C6H11N5S/c7-1-2-12-6-10-4(8)3-5(9)11-6/h3H,1-2,7H2,(H4,8,9,10,11). The molecule has 0 atom stereocenters. The molecule has 0 fully saturated rings.